The highest BCUT2D eigenvalue weighted by Crippen LogP contribution is 2.34. The van der Waals surface area contributed by atoms with Crippen LogP contribution in [-0.4, -0.2) is 4.40 Å². The van der Waals surface area contributed by atoms with Crippen LogP contribution < -0.4 is 0 Å². The van der Waals surface area contributed by atoms with Gasteiger partial charge in [0.25, 0.3) is 0 Å². The summed E-state index contributed by atoms with van der Waals surface area (Å²) in [5, 5.41) is 3.16. The molecule has 3 rings (SSSR count). The first-order chi connectivity index (χ1) is 8.79. The van der Waals surface area contributed by atoms with Gasteiger partial charge in [-0.1, -0.05) is 34.1 Å². The fourth-order valence-corrected chi connectivity index (χ4v) is 2.31. The van der Waals surface area contributed by atoms with Gasteiger partial charge >= 0.3 is 0 Å². The van der Waals surface area contributed by atoms with Crippen LogP contribution in [-0.2, 0) is 0 Å². The minimum absolute atomic E-state index is 0.438. The molecule has 88 valence electrons. The first-order valence-corrected chi connectivity index (χ1v) is 6.28. The van der Waals surface area contributed by atoms with Crippen LogP contribution >= 0.6 is 15.9 Å². The van der Waals surface area contributed by atoms with Gasteiger partial charge in [-0.05, 0) is 41.1 Å². The lowest BCUT2D eigenvalue weighted by molar-refractivity contribution is 1.17. The summed E-state index contributed by atoms with van der Waals surface area (Å²) < 4.78 is 2.81. The molecule has 0 aliphatic heterocycles. The predicted molar refractivity (Wildman–Crippen MR) is 76.0 cm³/mol. The van der Waals surface area contributed by atoms with Crippen molar-refractivity contribution in [2.45, 2.75) is 0 Å². The molecule has 4 heteroatoms. The third-order valence-electron chi connectivity index (χ3n) is 2.89. The molecule has 3 nitrogen and oxygen atoms in total. The first kappa shape index (κ1) is 11.2. The molecule has 0 saturated heterocycles. The maximum atomic E-state index is 11.1. The molecule has 0 spiro atoms. The highest BCUT2D eigenvalue weighted by Gasteiger charge is 2.11. The van der Waals surface area contributed by atoms with E-state index in [1.54, 1.807) is 4.40 Å². The van der Waals surface area contributed by atoms with Gasteiger partial charge in [0.2, 0.25) is 0 Å². The fourth-order valence-electron chi connectivity index (χ4n) is 2.04. The Morgan fingerprint density at radius 2 is 1.83 bits per heavy atom. The molecule has 0 amide bonds. The zero-order valence-corrected chi connectivity index (χ0v) is 11.0. The van der Waals surface area contributed by atoms with Gasteiger partial charge in [0.15, 0.2) is 5.82 Å². The van der Waals surface area contributed by atoms with Crippen LogP contribution in [0.3, 0.4) is 0 Å². The van der Waals surface area contributed by atoms with Crippen molar-refractivity contribution in [3.63, 3.8) is 0 Å². The summed E-state index contributed by atoms with van der Waals surface area (Å²) in [5.74, 6) is 0.438. The highest BCUT2D eigenvalue weighted by atomic mass is 79.9. The second-order valence-electron chi connectivity index (χ2n) is 3.98. The van der Waals surface area contributed by atoms with Crippen molar-refractivity contribution >= 4 is 27.3 Å². The van der Waals surface area contributed by atoms with Crippen LogP contribution in [0.4, 0.5) is 5.82 Å². The van der Waals surface area contributed by atoms with Gasteiger partial charge in [-0.15, -0.1) is 4.91 Å². The SMILES string of the molecule is O=Nc1c(-c2ccc(Br)cc2)cc2ccccn12. The van der Waals surface area contributed by atoms with Gasteiger partial charge < -0.3 is 0 Å². The van der Waals surface area contributed by atoms with Crippen LogP contribution in [0.2, 0.25) is 0 Å². The number of nitroso groups, excluding NO2 is 1. The smallest absolute Gasteiger partial charge is 0.189 e. The lowest BCUT2D eigenvalue weighted by Crippen LogP contribution is -1.80. The maximum Gasteiger partial charge on any atom is 0.189 e. The quantitative estimate of drug-likeness (QED) is 0.628. The second kappa shape index (κ2) is 4.38. The molecule has 0 N–H and O–H groups in total. The van der Waals surface area contributed by atoms with E-state index < -0.39 is 0 Å². The van der Waals surface area contributed by atoms with Crippen LogP contribution in [0.25, 0.3) is 16.6 Å². The van der Waals surface area contributed by atoms with Crippen molar-refractivity contribution < 1.29 is 0 Å². The normalized spacial score (nSPS) is 10.7. The summed E-state index contributed by atoms with van der Waals surface area (Å²) in [6, 6.07) is 15.6. The van der Waals surface area contributed by atoms with Gasteiger partial charge in [-0.2, -0.15) is 0 Å². The lowest BCUT2D eigenvalue weighted by Gasteiger charge is -1.99. The number of hydrogen-bond acceptors (Lipinski definition) is 2. The molecule has 0 atom stereocenters. The molecule has 0 unspecified atom stereocenters. The van der Waals surface area contributed by atoms with E-state index in [2.05, 4.69) is 21.1 Å². The number of fused-ring (bicyclic) bond motifs is 1. The van der Waals surface area contributed by atoms with E-state index in [1.807, 2.05) is 54.7 Å². The van der Waals surface area contributed by atoms with E-state index in [1.165, 1.54) is 0 Å². The van der Waals surface area contributed by atoms with E-state index in [4.69, 9.17) is 0 Å². The molecule has 0 fully saturated rings. The van der Waals surface area contributed by atoms with E-state index in [0.29, 0.717) is 5.82 Å². The summed E-state index contributed by atoms with van der Waals surface area (Å²) in [6.07, 6.45) is 1.84. The summed E-state index contributed by atoms with van der Waals surface area (Å²) in [4.78, 5) is 11.1. The van der Waals surface area contributed by atoms with Crippen molar-refractivity contribution in [3.8, 4) is 11.1 Å². The van der Waals surface area contributed by atoms with Crippen LogP contribution in [0.1, 0.15) is 0 Å². The number of aromatic nitrogens is 1. The van der Waals surface area contributed by atoms with Crippen molar-refractivity contribution in [2.24, 2.45) is 5.18 Å². The monoisotopic (exact) mass is 300 g/mol. The minimum atomic E-state index is 0.438. The third-order valence-corrected chi connectivity index (χ3v) is 3.42. The Labute approximate surface area is 112 Å². The number of halogens is 1. The fraction of sp³-hybridized carbons (Fsp3) is 0. The van der Waals surface area contributed by atoms with Crippen molar-refractivity contribution in [2.75, 3.05) is 0 Å². The molecule has 3 aromatic rings. The Kier molecular flexibility index (Phi) is 2.72. The Hall–Kier alpha value is -1.94. The largest absolute Gasteiger partial charge is 0.298 e. The molecular weight excluding hydrogens is 292 g/mol. The molecule has 1 aromatic carbocycles. The Morgan fingerprint density at radius 1 is 1.06 bits per heavy atom. The number of nitrogens with zero attached hydrogens (tertiary/aromatic N) is 2. The van der Waals surface area contributed by atoms with Crippen molar-refractivity contribution in [1.29, 1.82) is 0 Å². The summed E-state index contributed by atoms with van der Waals surface area (Å²) in [7, 11) is 0. The standard InChI is InChI=1S/C14H9BrN2O/c15-11-6-4-10(5-7-11)13-9-12-3-1-2-8-17(12)14(13)16-18/h1-9H. The van der Waals surface area contributed by atoms with Crippen molar-refractivity contribution in [1.82, 2.24) is 4.40 Å². The maximum absolute atomic E-state index is 11.1. The Balaban J connectivity index is 2.28. The molecule has 0 radical (unpaired) electrons. The number of benzene rings is 1. The summed E-state index contributed by atoms with van der Waals surface area (Å²) in [6.45, 7) is 0. The molecular formula is C14H9BrN2O. The van der Waals surface area contributed by atoms with Crippen LogP contribution in [0.5, 0.6) is 0 Å². The zero-order valence-electron chi connectivity index (χ0n) is 9.38. The van der Waals surface area contributed by atoms with Crippen LogP contribution in [0.15, 0.2) is 64.4 Å². The highest BCUT2D eigenvalue weighted by molar-refractivity contribution is 9.10. The lowest BCUT2D eigenvalue weighted by atomic mass is 10.1. The number of hydrogen-bond donors (Lipinski definition) is 0. The second-order valence-corrected chi connectivity index (χ2v) is 4.89. The average molecular weight is 301 g/mol. The average Bonchev–Trinajstić information content (AvgIpc) is 2.78. The van der Waals surface area contributed by atoms with Crippen molar-refractivity contribution in [3.05, 3.63) is 64.1 Å². The molecule has 2 aromatic heterocycles. The topological polar surface area (TPSA) is 33.8 Å². The molecule has 0 saturated carbocycles. The van der Waals surface area contributed by atoms with Gasteiger partial charge in [0, 0.05) is 21.7 Å². The predicted octanol–water partition coefficient (Wildman–Crippen LogP) is 4.77. The van der Waals surface area contributed by atoms with Crippen LogP contribution in [0, 0.1) is 4.91 Å². The minimum Gasteiger partial charge on any atom is -0.298 e. The summed E-state index contributed by atoms with van der Waals surface area (Å²) >= 11 is 3.40. The first-order valence-electron chi connectivity index (χ1n) is 5.49. The molecule has 0 aliphatic carbocycles. The van der Waals surface area contributed by atoms with Gasteiger partial charge in [-0.3, -0.25) is 4.40 Å². The van der Waals surface area contributed by atoms with Gasteiger partial charge in [-0.25, -0.2) is 0 Å². The molecule has 18 heavy (non-hydrogen) atoms. The third kappa shape index (κ3) is 1.75. The van der Waals surface area contributed by atoms with E-state index >= 15 is 0 Å². The summed E-state index contributed by atoms with van der Waals surface area (Å²) in [5.41, 5.74) is 2.80. The molecule has 2 heterocycles. The van der Waals surface area contributed by atoms with E-state index in [9.17, 15) is 4.91 Å². The Morgan fingerprint density at radius 3 is 2.56 bits per heavy atom. The Bertz CT molecular complexity index is 716. The molecule has 0 bridgehead atoms. The van der Waals surface area contributed by atoms with E-state index in [-0.39, 0.29) is 0 Å². The van der Waals surface area contributed by atoms with Gasteiger partial charge in [0.1, 0.15) is 0 Å². The number of rotatable bonds is 2. The van der Waals surface area contributed by atoms with Gasteiger partial charge in [0.05, 0.1) is 0 Å². The number of pyridine rings is 1. The molecule has 0 aliphatic rings. The zero-order chi connectivity index (χ0) is 12.5. The van der Waals surface area contributed by atoms with E-state index in [0.717, 1.165) is 21.1 Å².